The molecule has 0 spiro atoms. The van der Waals surface area contributed by atoms with E-state index in [-0.39, 0.29) is 23.8 Å². The van der Waals surface area contributed by atoms with Gasteiger partial charge < -0.3 is 9.80 Å². The van der Waals surface area contributed by atoms with Crippen LogP contribution in [0.15, 0.2) is 33.6 Å². The van der Waals surface area contributed by atoms with Crippen molar-refractivity contribution >= 4 is 21.8 Å². The van der Waals surface area contributed by atoms with Gasteiger partial charge in [-0.15, -0.1) is 4.40 Å². The SMILES string of the molecule is CCCN(CC(F)F)C(=O)CN(C)C1=NS(=O)(=O)c2ccccc21. The standard InChI is InChI=1S/C15H19F2N3O3S/c1-3-8-20(9-13(16)17)14(21)10-19(2)15-11-6-4-5-7-12(11)24(22,23)18-15/h4-7,13H,3,8-10H2,1-2H3. The number of carbonyl (C=O) groups excluding carboxylic acids is 1. The van der Waals surface area contributed by atoms with Crippen LogP contribution in [0.4, 0.5) is 8.78 Å². The first-order valence-electron chi connectivity index (χ1n) is 7.47. The van der Waals surface area contributed by atoms with Gasteiger partial charge in [-0.2, -0.15) is 8.42 Å². The number of hydrogen-bond acceptors (Lipinski definition) is 4. The normalized spacial score (nSPS) is 15.1. The number of amides is 1. The molecule has 0 bridgehead atoms. The fraction of sp³-hybridized carbons (Fsp3) is 0.467. The molecule has 0 saturated heterocycles. The van der Waals surface area contributed by atoms with Crippen molar-refractivity contribution in [1.29, 1.82) is 0 Å². The summed E-state index contributed by atoms with van der Waals surface area (Å²) in [5.74, 6) is -0.350. The molecule has 9 heteroatoms. The number of benzene rings is 1. The topological polar surface area (TPSA) is 70.1 Å². The molecule has 1 aliphatic heterocycles. The highest BCUT2D eigenvalue weighted by Crippen LogP contribution is 2.26. The smallest absolute Gasteiger partial charge is 0.285 e. The lowest BCUT2D eigenvalue weighted by molar-refractivity contribution is -0.133. The third-order valence-electron chi connectivity index (χ3n) is 3.55. The largest absolute Gasteiger partial charge is 0.349 e. The highest BCUT2D eigenvalue weighted by atomic mass is 32.2. The first kappa shape index (κ1) is 18.3. The number of likely N-dealkylation sites (N-methyl/N-ethyl adjacent to an activating group) is 1. The average molecular weight is 359 g/mol. The van der Waals surface area contributed by atoms with Crippen LogP contribution >= 0.6 is 0 Å². The Morgan fingerprint density at radius 1 is 1.29 bits per heavy atom. The van der Waals surface area contributed by atoms with Gasteiger partial charge in [-0.3, -0.25) is 4.79 Å². The molecule has 1 aliphatic rings. The van der Waals surface area contributed by atoms with Crippen molar-refractivity contribution in [3.05, 3.63) is 29.8 Å². The number of amidine groups is 1. The van der Waals surface area contributed by atoms with Gasteiger partial charge in [-0.25, -0.2) is 8.78 Å². The first-order chi connectivity index (χ1) is 11.3. The lowest BCUT2D eigenvalue weighted by atomic mass is 10.2. The molecule has 1 heterocycles. The number of carbonyl (C=O) groups is 1. The minimum atomic E-state index is -3.78. The van der Waals surface area contributed by atoms with E-state index in [1.165, 1.54) is 18.0 Å². The van der Waals surface area contributed by atoms with Crippen LogP contribution in [0.25, 0.3) is 0 Å². The Morgan fingerprint density at radius 2 is 1.96 bits per heavy atom. The van der Waals surface area contributed by atoms with Gasteiger partial charge in [0.25, 0.3) is 16.4 Å². The van der Waals surface area contributed by atoms with Gasteiger partial charge in [0, 0.05) is 19.2 Å². The van der Waals surface area contributed by atoms with E-state index in [0.717, 1.165) is 4.90 Å². The van der Waals surface area contributed by atoms with Crippen molar-refractivity contribution in [3.63, 3.8) is 0 Å². The molecule has 0 fully saturated rings. The van der Waals surface area contributed by atoms with E-state index in [9.17, 15) is 22.0 Å². The third kappa shape index (κ3) is 3.89. The maximum absolute atomic E-state index is 12.6. The summed E-state index contributed by atoms with van der Waals surface area (Å²) >= 11 is 0. The van der Waals surface area contributed by atoms with Gasteiger partial charge in [-0.1, -0.05) is 19.1 Å². The van der Waals surface area contributed by atoms with Gasteiger partial charge in [0.15, 0.2) is 5.84 Å². The fourth-order valence-corrected chi connectivity index (χ4v) is 3.75. The zero-order valence-corrected chi connectivity index (χ0v) is 14.3. The van der Waals surface area contributed by atoms with Gasteiger partial charge in [-0.05, 0) is 18.6 Å². The van der Waals surface area contributed by atoms with Crippen LogP contribution < -0.4 is 0 Å². The quantitative estimate of drug-likeness (QED) is 0.773. The van der Waals surface area contributed by atoms with Crippen molar-refractivity contribution in [2.45, 2.75) is 24.7 Å². The molecule has 0 saturated carbocycles. The van der Waals surface area contributed by atoms with Gasteiger partial charge in [0.1, 0.15) is 4.90 Å². The van der Waals surface area contributed by atoms with Crippen LogP contribution in [0.5, 0.6) is 0 Å². The first-order valence-corrected chi connectivity index (χ1v) is 8.91. The van der Waals surface area contributed by atoms with E-state index < -0.39 is 28.9 Å². The molecule has 1 aromatic rings. The van der Waals surface area contributed by atoms with E-state index >= 15 is 0 Å². The Labute approximate surface area is 139 Å². The van der Waals surface area contributed by atoms with Crippen molar-refractivity contribution < 1.29 is 22.0 Å². The molecule has 0 radical (unpaired) electrons. The van der Waals surface area contributed by atoms with Crippen LogP contribution in [0.1, 0.15) is 18.9 Å². The highest BCUT2D eigenvalue weighted by molar-refractivity contribution is 7.90. The van der Waals surface area contributed by atoms with Crippen LogP contribution in [0.3, 0.4) is 0 Å². The number of hydrogen-bond donors (Lipinski definition) is 0. The highest BCUT2D eigenvalue weighted by Gasteiger charge is 2.31. The molecular formula is C15H19F2N3O3S. The number of sulfonamides is 1. The fourth-order valence-electron chi connectivity index (χ4n) is 2.50. The maximum atomic E-state index is 12.6. The molecule has 0 aliphatic carbocycles. The number of nitrogens with zero attached hydrogens (tertiary/aromatic N) is 3. The van der Waals surface area contributed by atoms with Crippen LogP contribution in [-0.2, 0) is 14.8 Å². The second-order valence-electron chi connectivity index (χ2n) is 5.47. The Hall–Kier alpha value is -2.03. The third-order valence-corrected chi connectivity index (χ3v) is 4.88. The summed E-state index contributed by atoms with van der Waals surface area (Å²) in [7, 11) is -2.27. The minimum absolute atomic E-state index is 0.0808. The van der Waals surface area contributed by atoms with E-state index in [2.05, 4.69) is 4.40 Å². The van der Waals surface area contributed by atoms with Crippen molar-refractivity contribution in [2.24, 2.45) is 4.40 Å². The molecular weight excluding hydrogens is 340 g/mol. The molecule has 0 unspecified atom stereocenters. The van der Waals surface area contributed by atoms with Crippen molar-refractivity contribution in [2.75, 3.05) is 26.7 Å². The predicted molar refractivity (Wildman–Crippen MR) is 85.7 cm³/mol. The Balaban J connectivity index is 2.18. The number of halogens is 2. The predicted octanol–water partition coefficient (Wildman–Crippen LogP) is 1.57. The van der Waals surface area contributed by atoms with E-state index in [4.69, 9.17) is 0 Å². The van der Waals surface area contributed by atoms with E-state index in [1.54, 1.807) is 25.1 Å². The van der Waals surface area contributed by atoms with E-state index in [1.807, 2.05) is 0 Å². The van der Waals surface area contributed by atoms with Gasteiger partial charge >= 0.3 is 0 Å². The zero-order valence-electron chi connectivity index (χ0n) is 13.4. The molecule has 0 N–H and O–H groups in total. The summed E-state index contributed by atoms with van der Waals surface area (Å²) in [4.78, 5) is 14.8. The van der Waals surface area contributed by atoms with Crippen molar-refractivity contribution in [3.8, 4) is 0 Å². The van der Waals surface area contributed by atoms with E-state index in [0.29, 0.717) is 12.0 Å². The van der Waals surface area contributed by atoms with Crippen molar-refractivity contribution in [1.82, 2.24) is 9.80 Å². The minimum Gasteiger partial charge on any atom is -0.349 e. The molecule has 0 atom stereocenters. The lowest BCUT2D eigenvalue weighted by Gasteiger charge is -2.25. The van der Waals surface area contributed by atoms with Crippen LogP contribution in [0.2, 0.25) is 0 Å². The number of rotatable bonds is 6. The van der Waals surface area contributed by atoms with Crippen LogP contribution in [-0.4, -0.2) is 63.1 Å². The average Bonchev–Trinajstić information content (AvgIpc) is 2.79. The Bertz CT molecular complexity index is 750. The van der Waals surface area contributed by atoms with Gasteiger partial charge in [0.2, 0.25) is 5.91 Å². The molecule has 132 valence electrons. The molecule has 2 rings (SSSR count). The molecule has 1 aromatic carbocycles. The molecule has 6 nitrogen and oxygen atoms in total. The second-order valence-corrected chi connectivity index (χ2v) is 7.05. The Morgan fingerprint density at radius 3 is 2.58 bits per heavy atom. The zero-order chi connectivity index (χ0) is 17.9. The molecule has 1 amide bonds. The summed E-state index contributed by atoms with van der Waals surface area (Å²) in [6.07, 6.45) is -2.06. The maximum Gasteiger partial charge on any atom is 0.285 e. The number of fused-ring (bicyclic) bond motifs is 1. The summed E-state index contributed by atoms with van der Waals surface area (Å²) < 4.78 is 52.9. The monoisotopic (exact) mass is 359 g/mol. The molecule has 24 heavy (non-hydrogen) atoms. The summed E-state index contributed by atoms with van der Waals surface area (Å²) in [6, 6.07) is 6.30. The summed E-state index contributed by atoms with van der Waals surface area (Å²) in [5.41, 5.74) is 0.406. The summed E-state index contributed by atoms with van der Waals surface area (Å²) in [6.45, 7) is 1.15. The van der Waals surface area contributed by atoms with Crippen LogP contribution in [0, 0.1) is 0 Å². The molecule has 0 aromatic heterocycles. The summed E-state index contributed by atoms with van der Waals surface area (Å²) in [5, 5.41) is 0. The Kier molecular flexibility index (Phi) is 5.53. The van der Waals surface area contributed by atoms with Gasteiger partial charge in [0.05, 0.1) is 13.1 Å². The number of alkyl halides is 2. The lowest BCUT2D eigenvalue weighted by Crippen LogP contribution is -2.43. The second kappa shape index (κ2) is 7.25.